The summed E-state index contributed by atoms with van der Waals surface area (Å²) in [6.07, 6.45) is 1.51. The van der Waals surface area contributed by atoms with Gasteiger partial charge in [0.25, 0.3) is 5.91 Å². The molecule has 6 heteroatoms. The molecule has 1 aliphatic rings. The first-order valence-corrected chi connectivity index (χ1v) is 7.23. The van der Waals surface area contributed by atoms with Gasteiger partial charge in [0, 0.05) is 5.57 Å². The number of methoxy groups -OCH3 is 1. The van der Waals surface area contributed by atoms with Crippen molar-refractivity contribution in [2.24, 2.45) is 0 Å². The highest BCUT2D eigenvalue weighted by molar-refractivity contribution is 6.29. The molecule has 3 rings (SSSR count). The van der Waals surface area contributed by atoms with Gasteiger partial charge >= 0.3 is 0 Å². The maximum absolute atomic E-state index is 12.5. The van der Waals surface area contributed by atoms with Crippen LogP contribution in [0.15, 0.2) is 48.0 Å². The van der Waals surface area contributed by atoms with Crippen LogP contribution in [-0.4, -0.2) is 29.1 Å². The minimum Gasteiger partial charge on any atom is -0.504 e. The Balaban J connectivity index is 1.90. The van der Waals surface area contributed by atoms with E-state index in [2.05, 4.69) is 0 Å². The highest BCUT2D eigenvalue weighted by atomic mass is 16.5. The molecule has 0 aliphatic carbocycles. The van der Waals surface area contributed by atoms with Crippen molar-refractivity contribution in [2.75, 3.05) is 12.0 Å². The molecule has 2 N–H and O–H groups in total. The summed E-state index contributed by atoms with van der Waals surface area (Å²) >= 11 is 0. The third kappa shape index (κ3) is 2.81. The first-order chi connectivity index (χ1) is 11.5. The molecule has 1 heterocycles. The first-order valence-electron chi connectivity index (χ1n) is 7.23. The minimum atomic E-state index is -0.405. The molecule has 0 atom stereocenters. The highest BCUT2D eigenvalue weighted by Crippen LogP contribution is 2.30. The van der Waals surface area contributed by atoms with E-state index in [0.29, 0.717) is 22.6 Å². The van der Waals surface area contributed by atoms with Gasteiger partial charge < -0.3 is 14.9 Å². The lowest BCUT2D eigenvalue weighted by Gasteiger charge is -2.13. The molecule has 0 radical (unpaired) electrons. The SMILES string of the molecule is COc1ccc(N2C(=O)CC(=Cc3ccc(O)c(O)c3)C2=O)cc1. The number of benzene rings is 2. The van der Waals surface area contributed by atoms with Crippen molar-refractivity contribution in [2.45, 2.75) is 6.42 Å². The number of phenolic OH excluding ortho intramolecular Hbond substituents is 2. The third-order valence-electron chi connectivity index (χ3n) is 3.74. The van der Waals surface area contributed by atoms with Gasteiger partial charge in [0.15, 0.2) is 11.5 Å². The summed E-state index contributed by atoms with van der Waals surface area (Å²) in [4.78, 5) is 25.8. The van der Waals surface area contributed by atoms with Gasteiger partial charge in [-0.15, -0.1) is 0 Å². The van der Waals surface area contributed by atoms with Crippen LogP contribution in [-0.2, 0) is 9.59 Å². The van der Waals surface area contributed by atoms with E-state index in [1.807, 2.05) is 0 Å². The Bertz CT molecular complexity index is 839. The average molecular weight is 325 g/mol. The molecular weight excluding hydrogens is 310 g/mol. The molecule has 1 fully saturated rings. The van der Waals surface area contributed by atoms with Crippen molar-refractivity contribution in [3.05, 3.63) is 53.6 Å². The number of phenols is 2. The molecule has 6 nitrogen and oxygen atoms in total. The average Bonchev–Trinajstić information content (AvgIpc) is 2.85. The van der Waals surface area contributed by atoms with Gasteiger partial charge in [-0.05, 0) is 48.0 Å². The van der Waals surface area contributed by atoms with Gasteiger partial charge in [-0.25, -0.2) is 4.90 Å². The lowest BCUT2D eigenvalue weighted by atomic mass is 10.1. The largest absolute Gasteiger partial charge is 0.504 e. The molecule has 24 heavy (non-hydrogen) atoms. The molecule has 2 amide bonds. The Morgan fingerprint density at radius 2 is 1.75 bits per heavy atom. The Hall–Kier alpha value is -3.28. The number of hydrogen-bond acceptors (Lipinski definition) is 5. The summed E-state index contributed by atoms with van der Waals surface area (Å²) in [6.45, 7) is 0. The monoisotopic (exact) mass is 325 g/mol. The smallest absolute Gasteiger partial charge is 0.261 e. The van der Waals surface area contributed by atoms with Crippen LogP contribution in [0.3, 0.4) is 0 Å². The Kier molecular flexibility index (Phi) is 3.95. The van der Waals surface area contributed by atoms with Crippen LogP contribution in [0.1, 0.15) is 12.0 Å². The Morgan fingerprint density at radius 3 is 2.38 bits per heavy atom. The molecule has 2 aromatic rings. The van der Waals surface area contributed by atoms with E-state index >= 15 is 0 Å². The quantitative estimate of drug-likeness (QED) is 0.514. The third-order valence-corrected chi connectivity index (χ3v) is 3.74. The summed E-state index contributed by atoms with van der Waals surface area (Å²) in [7, 11) is 1.54. The fourth-order valence-corrected chi connectivity index (χ4v) is 2.51. The molecule has 122 valence electrons. The Morgan fingerprint density at radius 1 is 1.04 bits per heavy atom. The predicted molar refractivity (Wildman–Crippen MR) is 87.9 cm³/mol. The number of aromatic hydroxyl groups is 2. The van der Waals surface area contributed by atoms with Crippen molar-refractivity contribution in [1.29, 1.82) is 0 Å². The summed E-state index contributed by atoms with van der Waals surface area (Å²) in [5.74, 6) is -0.621. The number of carbonyl (C=O) groups is 2. The van der Waals surface area contributed by atoms with E-state index in [-0.39, 0.29) is 23.8 Å². The molecule has 0 unspecified atom stereocenters. The van der Waals surface area contributed by atoms with Crippen LogP contribution in [0, 0.1) is 0 Å². The van der Waals surface area contributed by atoms with Crippen LogP contribution in [0.5, 0.6) is 17.2 Å². The van der Waals surface area contributed by atoms with E-state index in [4.69, 9.17) is 4.74 Å². The van der Waals surface area contributed by atoms with Crippen LogP contribution in [0.2, 0.25) is 0 Å². The first kappa shape index (κ1) is 15.6. The highest BCUT2D eigenvalue weighted by Gasteiger charge is 2.34. The zero-order valence-corrected chi connectivity index (χ0v) is 12.9. The van der Waals surface area contributed by atoms with E-state index in [1.54, 1.807) is 30.3 Å². The maximum atomic E-state index is 12.5. The zero-order valence-electron chi connectivity index (χ0n) is 12.9. The fourth-order valence-electron chi connectivity index (χ4n) is 2.51. The second-order valence-corrected chi connectivity index (χ2v) is 5.33. The summed E-state index contributed by atoms with van der Waals surface area (Å²) < 4.78 is 5.06. The molecular formula is C18H15NO5. The summed E-state index contributed by atoms with van der Waals surface area (Å²) in [5, 5.41) is 18.8. The number of nitrogens with zero attached hydrogens (tertiary/aromatic N) is 1. The van der Waals surface area contributed by atoms with Gasteiger partial charge in [0.05, 0.1) is 19.2 Å². The van der Waals surface area contributed by atoms with Crippen molar-refractivity contribution >= 4 is 23.6 Å². The van der Waals surface area contributed by atoms with Crippen molar-refractivity contribution < 1.29 is 24.5 Å². The van der Waals surface area contributed by atoms with E-state index < -0.39 is 5.91 Å². The van der Waals surface area contributed by atoms with Crippen LogP contribution >= 0.6 is 0 Å². The lowest BCUT2D eigenvalue weighted by molar-refractivity contribution is -0.120. The van der Waals surface area contributed by atoms with Gasteiger partial charge in [-0.3, -0.25) is 9.59 Å². The van der Waals surface area contributed by atoms with Gasteiger partial charge in [0.1, 0.15) is 5.75 Å². The topological polar surface area (TPSA) is 87.1 Å². The standard InChI is InChI=1S/C18H15NO5/c1-24-14-5-3-13(4-6-14)19-17(22)10-12(18(19)23)8-11-2-7-15(20)16(21)9-11/h2-9,20-21H,10H2,1H3. The summed E-state index contributed by atoms with van der Waals surface area (Å²) in [5.41, 5.74) is 1.32. The molecule has 0 aromatic heterocycles. The molecule has 1 saturated heterocycles. The number of ether oxygens (including phenoxy) is 1. The van der Waals surface area contributed by atoms with Crippen molar-refractivity contribution in [1.82, 2.24) is 0 Å². The zero-order chi connectivity index (χ0) is 17.3. The fraction of sp³-hybridized carbons (Fsp3) is 0.111. The van der Waals surface area contributed by atoms with Crippen LogP contribution in [0.25, 0.3) is 6.08 Å². The molecule has 1 aliphatic heterocycles. The maximum Gasteiger partial charge on any atom is 0.261 e. The Labute approximate surface area is 138 Å². The number of imide groups is 1. The van der Waals surface area contributed by atoms with Crippen LogP contribution in [0.4, 0.5) is 5.69 Å². The lowest BCUT2D eigenvalue weighted by Crippen LogP contribution is -2.28. The molecule has 0 bridgehead atoms. The molecule has 2 aromatic carbocycles. The molecule has 0 saturated carbocycles. The number of anilines is 1. The second kappa shape index (κ2) is 6.08. The number of rotatable bonds is 3. The van der Waals surface area contributed by atoms with Gasteiger partial charge in [0.2, 0.25) is 5.91 Å². The number of amides is 2. The van der Waals surface area contributed by atoms with E-state index in [0.717, 1.165) is 4.90 Å². The predicted octanol–water partition coefficient (Wildman–Crippen LogP) is 2.45. The van der Waals surface area contributed by atoms with Crippen molar-refractivity contribution in [3.8, 4) is 17.2 Å². The second-order valence-electron chi connectivity index (χ2n) is 5.33. The molecule has 0 spiro atoms. The minimum absolute atomic E-state index is 0.0213. The number of hydrogen-bond donors (Lipinski definition) is 2. The van der Waals surface area contributed by atoms with E-state index in [1.165, 1.54) is 25.3 Å². The van der Waals surface area contributed by atoms with Crippen LogP contribution < -0.4 is 9.64 Å². The van der Waals surface area contributed by atoms with E-state index in [9.17, 15) is 19.8 Å². The normalized spacial score (nSPS) is 16.0. The number of carbonyl (C=O) groups excluding carboxylic acids is 2. The van der Waals surface area contributed by atoms with Gasteiger partial charge in [-0.2, -0.15) is 0 Å². The summed E-state index contributed by atoms with van der Waals surface area (Å²) in [6, 6.07) is 10.8. The van der Waals surface area contributed by atoms with Crippen molar-refractivity contribution in [3.63, 3.8) is 0 Å². The van der Waals surface area contributed by atoms with Gasteiger partial charge in [-0.1, -0.05) is 6.07 Å².